The molecule has 0 aliphatic heterocycles. The highest BCUT2D eigenvalue weighted by atomic mass is 16.5. The third-order valence-electron chi connectivity index (χ3n) is 4.17. The maximum absolute atomic E-state index is 5.84. The minimum absolute atomic E-state index is 0.0414. The van der Waals surface area contributed by atoms with Crippen LogP contribution in [-0.4, -0.2) is 39.5 Å². The summed E-state index contributed by atoms with van der Waals surface area (Å²) in [7, 11) is 5.57. The van der Waals surface area contributed by atoms with E-state index in [0.29, 0.717) is 18.1 Å². The van der Waals surface area contributed by atoms with Crippen LogP contribution in [0.5, 0.6) is 0 Å². The standard InChI is InChI=1S/C13H27NO2/c1-12(2)6-8-13(16-5,9-7-12)11(14-3)10-15-4/h11,14H,6-10H2,1-5H3. The lowest BCUT2D eigenvalue weighted by Gasteiger charge is -2.46. The molecule has 0 radical (unpaired) electrons. The highest BCUT2D eigenvalue weighted by Crippen LogP contribution is 2.43. The third kappa shape index (κ3) is 2.96. The van der Waals surface area contributed by atoms with Crippen LogP contribution in [0.2, 0.25) is 0 Å². The van der Waals surface area contributed by atoms with Crippen molar-refractivity contribution in [2.24, 2.45) is 5.41 Å². The smallest absolute Gasteiger partial charge is 0.0853 e. The summed E-state index contributed by atoms with van der Waals surface area (Å²) < 4.78 is 11.1. The first-order chi connectivity index (χ1) is 7.49. The molecule has 0 spiro atoms. The van der Waals surface area contributed by atoms with Gasteiger partial charge in [0.1, 0.15) is 0 Å². The number of hydrogen-bond acceptors (Lipinski definition) is 3. The van der Waals surface area contributed by atoms with Crippen molar-refractivity contribution in [1.82, 2.24) is 5.32 Å². The highest BCUT2D eigenvalue weighted by Gasteiger charge is 2.43. The van der Waals surface area contributed by atoms with Gasteiger partial charge in [0.25, 0.3) is 0 Å². The Morgan fingerprint density at radius 3 is 2.06 bits per heavy atom. The van der Waals surface area contributed by atoms with Crippen molar-refractivity contribution in [2.75, 3.05) is 27.9 Å². The molecule has 16 heavy (non-hydrogen) atoms. The summed E-state index contributed by atoms with van der Waals surface area (Å²) in [6.45, 7) is 5.40. The van der Waals surface area contributed by atoms with Gasteiger partial charge in [0.05, 0.1) is 18.2 Å². The molecule has 0 aromatic heterocycles. The largest absolute Gasteiger partial charge is 0.383 e. The van der Waals surface area contributed by atoms with E-state index in [0.717, 1.165) is 12.8 Å². The second kappa shape index (κ2) is 5.48. The molecule has 96 valence electrons. The Morgan fingerprint density at radius 2 is 1.69 bits per heavy atom. The molecule has 0 aromatic rings. The summed E-state index contributed by atoms with van der Waals surface area (Å²) in [5.41, 5.74) is 0.424. The van der Waals surface area contributed by atoms with E-state index in [1.54, 1.807) is 7.11 Å². The van der Waals surface area contributed by atoms with Crippen LogP contribution in [0.4, 0.5) is 0 Å². The molecule has 0 saturated heterocycles. The van der Waals surface area contributed by atoms with Crippen molar-refractivity contribution < 1.29 is 9.47 Å². The normalized spacial score (nSPS) is 25.3. The molecule has 1 saturated carbocycles. The van der Waals surface area contributed by atoms with E-state index in [-0.39, 0.29) is 5.60 Å². The molecule has 1 fully saturated rings. The van der Waals surface area contributed by atoms with Crippen LogP contribution >= 0.6 is 0 Å². The zero-order chi connectivity index (χ0) is 12.2. The fourth-order valence-corrected chi connectivity index (χ4v) is 2.71. The topological polar surface area (TPSA) is 30.5 Å². The first-order valence-corrected chi connectivity index (χ1v) is 6.21. The summed E-state index contributed by atoms with van der Waals surface area (Å²) in [6, 6.07) is 0.290. The Balaban J connectivity index is 2.71. The van der Waals surface area contributed by atoms with Crippen molar-refractivity contribution in [3.05, 3.63) is 0 Å². The van der Waals surface area contributed by atoms with Gasteiger partial charge in [-0.15, -0.1) is 0 Å². The number of nitrogens with one attached hydrogen (secondary N) is 1. The van der Waals surface area contributed by atoms with E-state index in [4.69, 9.17) is 9.47 Å². The van der Waals surface area contributed by atoms with E-state index in [1.807, 2.05) is 14.2 Å². The Kier molecular flexibility index (Phi) is 4.77. The number of methoxy groups -OCH3 is 2. The van der Waals surface area contributed by atoms with E-state index in [2.05, 4.69) is 19.2 Å². The minimum atomic E-state index is -0.0414. The molecular formula is C13H27NO2. The van der Waals surface area contributed by atoms with Crippen molar-refractivity contribution >= 4 is 0 Å². The fraction of sp³-hybridized carbons (Fsp3) is 1.00. The Morgan fingerprint density at radius 1 is 1.12 bits per heavy atom. The molecule has 3 nitrogen and oxygen atoms in total. The summed E-state index contributed by atoms with van der Waals surface area (Å²) in [4.78, 5) is 0. The van der Waals surface area contributed by atoms with Gasteiger partial charge in [-0.2, -0.15) is 0 Å². The molecule has 1 N–H and O–H groups in total. The van der Waals surface area contributed by atoms with Crippen LogP contribution < -0.4 is 5.32 Å². The lowest BCUT2D eigenvalue weighted by molar-refractivity contribution is -0.0973. The summed E-state index contributed by atoms with van der Waals surface area (Å²) >= 11 is 0. The summed E-state index contributed by atoms with van der Waals surface area (Å²) in [5, 5.41) is 3.34. The van der Waals surface area contributed by atoms with Gasteiger partial charge in [0.15, 0.2) is 0 Å². The molecule has 3 heteroatoms. The van der Waals surface area contributed by atoms with E-state index in [1.165, 1.54) is 12.8 Å². The average molecular weight is 229 g/mol. The quantitative estimate of drug-likeness (QED) is 0.784. The van der Waals surface area contributed by atoms with Gasteiger partial charge in [-0.05, 0) is 38.1 Å². The third-order valence-corrected chi connectivity index (χ3v) is 4.17. The highest BCUT2D eigenvalue weighted by molar-refractivity contribution is 4.98. The van der Waals surface area contributed by atoms with Gasteiger partial charge in [-0.25, -0.2) is 0 Å². The second-order valence-electron chi connectivity index (χ2n) is 5.73. The van der Waals surface area contributed by atoms with Gasteiger partial charge in [0, 0.05) is 14.2 Å². The minimum Gasteiger partial charge on any atom is -0.383 e. The maximum Gasteiger partial charge on any atom is 0.0853 e. The van der Waals surface area contributed by atoms with E-state index >= 15 is 0 Å². The molecule has 1 atom stereocenters. The predicted molar refractivity (Wildman–Crippen MR) is 66.7 cm³/mol. The number of hydrogen-bond donors (Lipinski definition) is 1. The van der Waals surface area contributed by atoms with Gasteiger partial charge in [-0.3, -0.25) is 0 Å². The van der Waals surface area contributed by atoms with Crippen molar-refractivity contribution in [1.29, 1.82) is 0 Å². The predicted octanol–water partition coefficient (Wildman–Crippen LogP) is 2.21. The van der Waals surface area contributed by atoms with Crippen LogP contribution in [0.3, 0.4) is 0 Å². The molecule has 1 unspecified atom stereocenters. The first kappa shape index (κ1) is 13.9. The van der Waals surface area contributed by atoms with Gasteiger partial charge >= 0.3 is 0 Å². The lowest BCUT2D eigenvalue weighted by Crippen LogP contribution is -2.55. The molecule has 0 amide bonds. The zero-order valence-corrected chi connectivity index (χ0v) is 11.4. The zero-order valence-electron chi connectivity index (χ0n) is 11.4. The van der Waals surface area contributed by atoms with Crippen molar-refractivity contribution in [3.63, 3.8) is 0 Å². The SMILES string of the molecule is CNC(COC)C1(OC)CCC(C)(C)CC1. The monoisotopic (exact) mass is 229 g/mol. The molecule has 0 heterocycles. The van der Waals surface area contributed by atoms with Crippen LogP contribution in [0.1, 0.15) is 39.5 Å². The summed E-state index contributed by atoms with van der Waals surface area (Å²) in [5.74, 6) is 0. The number of likely N-dealkylation sites (N-methyl/N-ethyl adjacent to an activating group) is 1. The Hall–Kier alpha value is -0.120. The van der Waals surface area contributed by atoms with Crippen molar-refractivity contribution in [2.45, 2.75) is 51.2 Å². The molecule has 0 aromatic carbocycles. The van der Waals surface area contributed by atoms with Gasteiger partial charge in [-0.1, -0.05) is 13.8 Å². The van der Waals surface area contributed by atoms with Crippen LogP contribution in [0.15, 0.2) is 0 Å². The Labute approximate surface area is 99.9 Å². The van der Waals surface area contributed by atoms with Gasteiger partial charge < -0.3 is 14.8 Å². The maximum atomic E-state index is 5.84. The molecule has 1 aliphatic rings. The lowest BCUT2D eigenvalue weighted by atomic mass is 9.68. The number of ether oxygens (including phenoxy) is 2. The van der Waals surface area contributed by atoms with Crippen LogP contribution in [-0.2, 0) is 9.47 Å². The first-order valence-electron chi connectivity index (χ1n) is 6.21. The van der Waals surface area contributed by atoms with Crippen LogP contribution in [0.25, 0.3) is 0 Å². The summed E-state index contributed by atoms with van der Waals surface area (Å²) in [6.07, 6.45) is 4.68. The van der Waals surface area contributed by atoms with E-state index < -0.39 is 0 Å². The van der Waals surface area contributed by atoms with Gasteiger partial charge in [0.2, 0.25) is 0 Å². The van der Waals surface area contributed by atoms with Crippen molar-refractivity contribution in [3.8, 4) is 0 Å². The molecule has 1 rings (SSSR count). The average Bonchev–Trinajstić information content (AvgIpc) is 2.27. The van der Waals surface area contributed by atoms with E-state index in [9.17, 15) is 0 Å². The fourth-order valence-electron chi connectivity index (χ4n) is 2.71. The number of rotatable bonds is 5. The molecule has 1 aliphatic carbocycles. The molecular weight excluding hydrogens is 202 g/mol. The Bertz CT molecular complexity index is 206. The van der Waals surface area contributed by atoms with Crippen LogP contribution in [0, 0.1) is 5.41 Å². The molecule has 0 bridgehead atoms. The second-order valence-corrected chi connectivity index (χ2v) is 5.73.